The van der Waals surface area contributed by atoms with Gasteiger partial charge in [0, 0.05) is 24.7 Å². The fourth-order valence-corrected chi connectivity index (χ4v) is 4.33. The van der Waals surface area contributed by atoms with Gasteiger partial charge in [-0.2, -0.15) is 0 Å². The van der Waals surface area contributed by atoms with Gasteiger partial charge >= 0.3 is 0 Å². The fourth-order valence-electron chi connectivity index (χ4n) is 4.33. The van der Waals surface area contributed by atoms with E-state index in [-0.39, 0.29) is 0 Å². The Balaban J connectivity index is 1.54. The SMILES string of the molecule is CC1CCCC(NC2CCN3CCCCC23)C1. The van der Waals surface area contributed by atoms with Crippen molar-refractivity contribution in [3.05, 3.63) is 0 Å². The Labute approximate surface area is 106 Å². The van der Waals surface area contributed by atoms with Gasteiger partial charge in [-0.3, -0.25) is 4.90 Å². The molecule has 1 aliphatic carbocycles. The summed E-state index contributed by atoms with van der Waals surface area (Å²) in [6.07, 6.45) is 11.5. The summed E-state index contributed by atoms with van der Waals surface area (Å²) >= 11 is 0. The molecule has 1 N–H and O–H groups in total. The molecule has 98 valence electrons. The van der Waals surface area contributed by atoms with E-state index in [4.69, 9.17) is 0 Å². The van der Waals surface area contributed by atoms with Crippen molar-refractivity contribution < 1.29 is 0 Å². The van der Waals surface area contributed by atoms with E-state index in [1.807, 2.05) is 0 Å². The lowest BCUT2D eigenvalue weighted by Crippen LogP contribution is -2.49. The molecule has 17 heavy (non-hydrogen) atoms. The maximum atomic E-state index is 4.01. The average Bonchev–Trinajstić information content (AvgIpc) is 2.73. The minimum atomic E-state index is 0.811. The first-order chi connectivity index (χ1) is 8.33. The molecule has 3 aliphatic rings. The van der Waals surface area contributed by atoms with Crippen molar-refractivity contribution >= 4 is 0 Å². The van der Waals surface area contributed by atoms with Gasteiger partial charge in [-0.1, -0.05) is 26.2 Å². The number of piperidine rings is 1. The largest absolute Gasteiger partial charge is 0.310 e. The molecule has 0 aromatic rings. The molecule has 2 saturated heterocycles. The standard InChI is InChI=1S/C15H28N2/c1-12-5-4-6-13(11-12)16-14-8-10-17-9-3-2-7-15(14)17/h12-16H,2-11H2,1H3. The van der Waals surface area contributed by atoms with Crippen LogP contribution in [0.1, 0.15) is 58.3 Å². The van der Waals surface area contributed by atoms with E-state index >= 15 is 0 Å². The van der Waals surface area contributed by atoms with E-state index in [2.05, 4.69) is 17.1 Å². The zero-order chi connectivity index (χ0) is 11.7. The second kappa shape index (κ2) is 5.27. The zero-order valence-electron chi connectivity index (χ0n) is 11.3. The second-order valence-corrected chi connectivity index (χ2v) is 6.63. The molecule has 2 heteroatoms. The first-order valence-electron chi connectivity index (χ1n) is 7.83. The summed E-state index contributed by atoms with van der Waals surface area (Å²) in [6, 6.07) is 2.51. The summed E-state index contributed by atoms with van der Waals surface area (Å²) in [5.41, 5.74) is 0. The molecule has 0 amide bonds. The third-order valence-electron chi connectivity index (χ3n) is 5.24. The Morgan fingerprint density at radius 3 is 2.76 bits per heavy atom. The smallest absolute Gasteiger partial charge is 0.0249 e. The van der Waals surface area contributed by atoms with Crippen LogP contribution in [0.2, 0.25) is 0 Å². The summed E-state index contributed by atoms with van der Waals surface area (Å²) in [7, 11) is 0. The molecule has 3 fully saturated rings. The van der Waals surface area contributed by atoms with Crippen LogP contribution in [0.3, 0.4) is 0 Å². The van der Waals surface area contributed by atoms with Crippen LogP contribution in [0.25, 0.3) is 0 Å². The Bertz CT molecular complexity index is 253. The first-order valence-corrected chi connectivity index (χ1v) is 7.83. The van der Waals surface area contributed by atoms with Gasteiger partial charge in [-0.15, -0.1) is 0 Å². The van der Waals surface area contributed by atoms with E-state index in [9.17, 15) is 0 Å². The van der Waals surface area contributed by atoms with Crippen molar-refractivity contribution in [1.29, 1.82) is 0 Å². The van der Waals surface area contributed by atoms with E-state index in [0.717, 1.165) is 24.0 Å². The molecule has 2 heterocycles. The predicted molar refractivity (Wildman–Crippen MR) is 72.2 cm³/mol. The van der Waals surface area contributed by atoms with Gasteiger partial charge in [0.05, 0.1) is 0 Å². The number of rotatable bonds is 2. The summed E-state index contributed by atoms with van der Waals surface area (Å²) in [5, 5.41) is 4.01. The summed E-state index contributed by atoms with van der Waals surface area (Å²) in [5.74, 6) is 0.949. The van der Waals surface area contributed by atoms with Crippen molar-refractivity contribution in [1.82, 2.24) is 10.2 Å². The molecular weight excluding hydrogens is 208 g/mol. The molecular formula is C15H28N2. The molecule has 4 atom stereocenters. The Kier molecular flexibility index (Phi) is 3.72. The third-order valence-corrected chi connectivity index (χ3v) is 5.24. The minimum Gasteiger partial charge on any atom is -0.310 e. The molecule has 2 aliphatic heterocycles. The van der Waals surface area contributed by atoms with Gasteiger partial charge in [-0.05, 0) is 44.6 Å². The molecule has 1 saturated carbocycles. The molecule has 0 aromatic carbocycles. The van der Waals surface area contributed by atoms with Crippen LogP contribution >= 0.6 is 0 Å². The third kappa shape index (κ3) is 2.68. The lowest BCUT2D eigenvalue weighted by atomic mass is 9.86. The highest BCUT2D eigenvalue weighted by atomic mass is 15.2. The van der Waals surface area contributed by atoms with Crippen molar-refractivity contribution in [2.24, 2.45) is 5.92 Å². The average molecular weight is 236 g/mol. The minimum absolute atomic E-state index is 0.811. The molecule has 0 aromatic heterocycles. The van der Waals surface area contributed by atoms with Crippen LogP contribution in [0, 0.1) is 5.92 Å². The number of nitrogens with zero attached hydrogens (tertiary/aromatic N) is 1. The summed E-state index contributed by atoms with van der Waals surface area (Å²) in [6.45, 7) is 5.14. The Morgan fingerprint density at radius 1 is 0.941 bits per heavy atom. The zero-order valence-corrected chi connectivity index (χ0v) is 11.3. The van der Waals surface area contributed by atoms with Crippen molar-refractivity contribution in [3.8, 4) is 0 Å². The topological polar surface area (TPSA) is 15.3 Å². The summed E-state index contributed by atoms with van der Waals surface area (Å²) < 4.78 is 0. The van der Waals surface area contributed by atoms with E-state index in [1.165, 1.54) is 64.5 Å². The highest BCUT2D eigenvalue weighted by Gasteiger charge is 2.36. The first kappa shape index (κ1) is 12.0. The molecule has 0 radical (unpaired) electrons. The van der Waals surface area contributed by atoms with Crippen molar-refractivity contribution in [2.45, 2.75) is 76.4 Å². The van der Waals surface area contributed by atoms with Crippen molar-refractivity contribution in [2.75, 3.05) is 13.1 Å². The molecule has 4 unspecified atom stereocenters. The number of nitrogens with one attached hydrogen (secondary N) is 1. The van der Waals surface area contributed by atoms with E-state index in [1.54, 1.807) is 0 Å². The van der Waals surface area contributed by atoms with Gasteiger partial charge in [-0.25, -0.2) is 0 Å². The number of fused-ring (bicyclic) bond motifs is 1. The van der Waals surface area contributed by atoms with Gasteiger partial charge in [0.1, 0.15) is 0 Å². The quantitative estimate of drug-likeness (QED) is 0.793. The molecule has 0 spiro atoms. The van der Waals surface area contributed by atoms with Crippen molar-refractivity contribution in [3.63, 3.8) is 0 Å². The van der Waals surface area contributed by atoms with Crippen LogP contribution in [-0.2, 0) is 0 Å². The lowest BCUT2D eigenvalue weighted by molar-refractivity contribution is 0.169. The highest BCUT2D eigenvalue weighted by molar-refractivity contribution is 4.95. The van der Waals surface area contributed by atoms with Crippen LogP contribution < -0.4 is 5.32 Å². The normalized spacial score (nSPS) is 43.6. The van der Waals surface area contributed by atoms with Gasteiger partial charge < -0.3 is 5.32 Å². The molecule has 2 nitrogen and oxygen atoms in total. The van der Waals surface area contributed by atoms with E-state index in [0.29, 0.717) is 0 Å². The van der Waals surface area contributed by atoms with E-state index < -0.39 is 0 Å². The van der Waals surface area contributed by atoms with Gasteiger partial charge in [0.15, 0.2) is 0 Å². The van der Waals surface area contributed by atoms with Crippen LogP contribution in [0.15, 0.2) is 0 Å². The van der Waals surface area contributed by atoms with Crippen LogP contribution in [0.4, 0.5) is 0 Å². The van der Waals surface area contributed by atoms with Crippen LogP contribution in [-0.4, -0.2) is 36.1 Å². The maximum Gasteiger partial charge on any atom is 0.0249 e. The second-order valence-electron chi connectivity index (χ2n) is 6.63. The maximum absolute atomic E-state index is 4.01. The number of hydrogen-bond acceptors (Lipinski definition) is 2. The Hall–Kier alpha value is -0.0800. The van der Waals surface area contributed by atoms with Crippen LogP contribution in [0.5, 0.6) is 0 Å². The lowest BCUT2D eigenvalue weighted by Gasteiger charge is -2.36. The monoisotopic (exact) mass is 236 g/mol. The van der Waals surface area contributed by atoms with Gasteiger partial charge in [0.25, 0.3) is 0 Å². The molecule has 0 bridgehead atoms. The van der Waals surface area contributed by atoms with Gasteiger partial charge in [0.2, 0.25) is 0 Å². The Morgan fingerprint density at radius 2 is 1.88 bits per heavy atom. The summed E-state index contributed by atoms with van der Waals surface area (Å²) in [4.78, 5) is 2.74. The molecule has 3 rings (SSSR count). The predicted octanol–water partition coefficient (Wildman–Crippen LogP) is 2.78. The highest BCUT2D eigenvalue weighted by Crippen LogP contribution is 2.30. The number of hydrogen-bond donors (Lipinski definition) is 1. The fraction of sp³-hybridized carbons (Fsp3) is 1.00.